The van der Waals surface area contributed by atoms with Crippen LogP contribution in [0.2, 0.25) is 0 Å². The maximum absolute atomic E-state index is 6.81. The molecule has 5 nitrogen and oxygen atoms in total. The fourth-order valence-electron chi connectivity index (χ4n) is 8.72. The normalized spacial score (nSPS) is 11.7. The zero-order chi connectivity index (χ0) is 39.6. The van der Waals surface area contributed by atoms with Gasteiger partial charge in [0.05, 0.1) is 16.7 Å². The second-order valence-electron chi connectivity index (χ2n) is 15.2. The average molecular weight is 767 g/mol. The van der Waals surface area contributed by atoms with E-state index in [2.05, 4.69) is 187 Å². The van der Waals surface area contributed by atoms with Gasteiger partial charge in [0.2, 0.25) is 0 Å². The van der Waals surface area contributed by atoms with Crippen molar-refractivity contribution in [3.63, 3.8) is 0 Å². The smallest absolute Gasteiger partial charge is 0.164 e. The van der Waals surface area contributed by atoms with Crippen molar-refractivity contribution in [2.24, 2.45) is 0 Å². The molecule has 3 heterocycles. The highest BCUT2D eigenvalue weighted by Crippen LogP contribution is 2.42. The average Bonchev–Trinajstić information content (AvgIpc) is 3.86. The summed E-state index contributed by atoms with van der Waals surface area (Å²) in [5, 5.41) is 6.75. The number of hydrogen-bond donors (Lipinski definition) is 0. The van der Waals surface area contributed by atoms with Gasteiger partial charge >= 0.3 is 0 Å². The third-order valence-electron chi connectivity index (χ3n) is 11.6. The van der Waals surface area contributed by atoms with Crippen LogP contribution in [-0.2, 0) is 0 Å². The van der Waals surface area contributed by atoms with E-state index in [-0.39, 0.29) is 0 Å². The van der Waals surface area contributed by atoms with E-state index in [9.17, 15) is 0 Å². The Hall–Kier alpha value is -8.15. The molecule has 280 valence electrons. The number of benzene rings is 9. The molecule has 12 aromatic rings. The third kappa shape index (κ3) is 5.67. The lowest BCUT2D eigenvalue weighted by Gasteiger charge is -2.13. The second-order valence-corrected chi connectivity index (χ2v) is 15.2. The molecule has 60 heavy (non-hydrogen) atoms. The number of hydrogen-bond acceptors (Lipinski definition) is 4. The van der Waals surface area contributed by atoms with Crippen LogP contribution in [0.3, 0.4) is 0 Å². The summed E-state index contributed by atoms with van der Waals surface area (Å²) in [6, 6.07) is 72.1. The highest BCUT2D eigenvalue weighted by Gasteiger charge is 2.22. The van der Waals surface area contributed by atoms with E-state index in [4.69, 9.17) is 19.4 Å². The predicted molar refractivity (Wildman–Crippen MR) is 246 cm³/mol. The summed E-state index contributed by atoms with van der Waals surface area (Å²) in [5.74, 6) is 1.77. The fraction of sp³-hybridized carbons (Fsp3) is 0. The Balaban J connectivity index is 1.14. The fourth-order valence-corrected chi connectivity index (χ4v) is 8.72. The minimum absolute atomic E-state index is 0.574. The number of furan rings is 1. The van der Waals surface area contributed by atoms with Crippen LogP contribution in [-0.4, -0.2) is 19.5 Å². The van der Waals surface area contributed by atoms with Crippen LogP contribution in [0.15, 0.2) is 211 Å². The summed E-state index contributed by atoms with van der Waals surface area (Å²) in [5.41, 5.74) is 11.9. The van der Waals surface area contributed by atoms with Gasteiger partial charge in [-0.05, 0) is 81.6 Å². The Bertz CT molecular complexity index is 3500. The molecular formula is C55H34N4O. The molecule has 0 saturated heterocycles. The summed E-state index contributed by atoms with van der Waals surface area (Å²) in [6.07, 6.45) is 0. The van der Waals surface area contributed by atoms with Crippen molar-refractivity contribution in [2.45, 2.75) is 0 Å². The predicted octanol–water partition coefficient (Wildman–Crippen LogP) is 14.4. The topological polar surface area (TPSA) is 56.7 Å². The molecule has 0 radical (unpaired) electrons. The second kappa shape index (κ2) is 13.8. The molecule has 0 aliphatic rings. The SMILES string of the molecule is c1ccc(-c2cccc(-c3nc(-c4cccc(-c5ccccc5)c4)nc(-c4cc(-n5c6ccccc6c6cc7ccccc7cc65)c5oc6ccccc6c5c4)n3)c2)cc1. The van der Waals surface area contributed by atoms with Crippen molar-refractivity contribution >= 4 is 54.5 Å². The number of fused-ring (bicyclic) bond motifs is 7. The van der Waals surface area contributed by atoms with Gasteiger partial charge in [0.25, 0.3) is 0 Å². The summed E-state index contributed by atoms with van der Waals surface area (Å²) in [7, 11) is 0. The molecule has 0 amide bonds. The van der Waals surface area contributed by atoms with Crippen LogP contribution in [0, 0.1) is 0 Å². The third-order valence-corrected chi connectivity index (χ3v) is 11.6. The zero-order valence-corrected chi connectivity index (χ0v) is 32.3. The van der Waals surface area contributed by atoms with Gasteiger partial charge in [-0.3, -0.25) is 0 Å². The minimum Gasteiger partial charge on any atom is -0.454 e. The Kier molecular flexibility index (Phi) is 7.78. The van der Waals surface area contributed by atoms with E-state index >= 15 is 0 Å². The van der Waals surface area contributed by atoms with Crippen molar-refractivity contribution in [1.82, 2.24) is 19.5 Å². The molecule has 12 rings (SSSR count). The van der Waals surface area contributed by atoms with Crippen LogP contribution < -0.4 is 0 Å². The van der Waals surface area contributed by atoms with Gasteiger partial charge in [-0.25, -0.2) is 15.0 Å². The largest absolute Gasteiger partial charge is 0.454 e. The monoisotopic (exact) mass is 766 g/mol. The number of aromatic nitrogens is 4. The van der Waals surface area contributed by atoms with Crippen molar-refractivity contribution < 1.29 is 4.42 Å². The van der Waals surface area contributed by atoms with Crippen molar-refractivity contribution in [3.05, 3.63) is 206 Å². The van der Waals surface area contributed by atoms with E-state index in [0.29, 0.717) is 17.5 Å². The molecule has 0 spiro atoms. The summed E-state index contributed by atoms with van der Waals surface area (Å²) < 4.78 is 9.15. The van der Waals surface area contributed by atoms with Gasteiger partial charge in [0, 0.05) is 38.2 Å². The molecule has 0 atom stereocenters. The molecule has 0 bridgehead atoms. The Morgan fingerprint density at radius 3 is 1.50 bits per heavy atom. The summed E-state index contributed by atoms with van der Waals surface area (Å²) in [6.45, 7) is 0. The first-order valence-electron chi connectivity index (χ1n) is 20.2. The highest BCUT2D eigenvalue weighted by molar-refractivity contribution is 6.16. The van der Waals surface area contributed by atoms with Gasteiger partial charge < -0.3 is 8.98 Å². The van der Waals surface area contributed by atoms with Crippen LogP contribution in [0.5, 0.6) is 0 Å². The maximum Gasteiger partial charge on any atom is 0.164 e. The van der Waals surface area contributed by atoms with E-state index in [1.807, 2.05) is 24.3 Å². The molecular weight excluding hydrogens is 733 g/mol. The van der Waals surface area contributed by atoms with E-state index in [0.717, 1.165) is 77.6 Å². The van der Waals surface area contributed by atoms with Crippen molar-refractivity contribution in [3.8, 4) is 62.1 Å². The molecule has 9 aromatic carbocycles. The van der Waals surface area contributed by atoms with Gasteiger partial charge in [-0.15, -0.1) is 0 Å². The Morgan fingerprint density at radius 2 is 0.833 bits per heavy atom. The number of rotatable bonds is 6. The summed E-state index contributed by atoms with van der Waals surface area (Å²) >= 11 is 0. The van der Waals surface area contributed by atoms with Gasteiger partial charge in [-0.2, -0.15) is 0 Å². The van der Waals surface area contributed by atoms with Gasteiger partial charge in [0.15, 0.2) is 23.1 Å². The van der Waals surface area contributed by atoms with Gasteiger partial charge in [-0.1, -0.05) is 158 Å². The molecule has 0 saturated carbocycles. The first kappa shape index (κ1) is 33.9. The minimum atomic E-state index is 0.574. The van der Waals surface area contributed by atoms with Crippen LogP contribution >= 0.6 is 0 Å². The molecule has 5 heteroatoms. The van der Waals surface area contributed by atoms with E-state index in [1.54, 1.807) is 0 Å². The lowest BCUT2D eigenvalue weighted by Crippen LogP contribution is -2.02. The molecule has 0 N–H and O–H groups in total. The van der Waals surface area contributed by atoms with Crippen LogP contribution in [0.4, 0.5) is 0 Å². The zero-order valence-electron chi connectivity index (χ0n) is 32.3. The molecule has 3 aromatic heterocycles. The lowest BCUT2D eigenvalue weighted by molar-refractivity contribution is 0.666. The number of nitrogens with zero attached hydrogens (tertiary/aromatic N) is 4. The Labute approximate surface area is 345 Å². The first-order chi connectivity index (χ1) is 29.7. The van der Waals surface area contributed by atoms with E-state index < -0.39 is 0 Å². The van der Waals surface area contributed by atoms with Crippen molar-refractivity contribution in [1.29, 1.82) is 0 Å². The maximum atomic E-state index is 6.81. The number of para-hydroxylation sites is 2. The molecule has 0 fully saturated rings. The van der Waals surface area contributed by atoms with Gasteiger partial charge in [0.1, 0.15) is 5.58 Å². The quantitative estimate of drug-likeness (QED) is 0.169. The summed E-state index contributed by atoms with van der Waals surface area (Å²) in [4.78, 5) is 15.8. The lowest BCUT2D eigenvalue weighted by atomic mass is 10.0. The van der Waals surface area contributed by atoms with E-state index in [1.165, 1.54) is 21.5 Å². The molecule has 0 aliphatic heterocycles. The first-order valence-corrected chi connectivity index (χ1v) is 20.2. The van der Waals surface area contributed by atoms with Crippen LogP contribution in [0.25, 0.3) is 117 Å². The highest BCUT2D eigenvalue weighted by atomic mass is 16.3. The Morgan fingerprint density at radius 1 is 0.317 bits per heavy atom. The standard InChI is InChI=1S/C55H34N4O/c1-3-15-35(16-4-1)37-21-13-23-41(29-37)53-56-54(42-24-14-22-38(30-42)36-17-5-2-6-18-36)58-55(57-53)43-32-47-45-26-10-12-28-51(45)60-52(47)50(34-43)59-48-27-11-9-25-44(48)46-31-39-19-7-8-20-40(39)33-49(46)59/h1-34H. The van der Waals surface area contributed by atoms with Crippen molar-refractivity contribution in [2.75, 3.05) is 0 Å². The molecule has 0 unspecified atom stereocenters. The molecule has 0 aliphatic carbocycles. The van der Waals surface area contributed by atoms with Crippen LogP contribution in [0.1, 0.15) is 0 Å².